The zero-order chi connectivity index (χ0) is 20.2. The van der Waals surface area contributed by atoms with E-state index in [1.54, 1.807) is 0 Å². The van der Waals surface area contributed by atoms with Crippen molar-refractivity contribution in [2.75, 3.05) is 44.3 Å². The summed E-state index contributed by atoms with van der Waals surface area (Å²) in [7, 11) is 0. The number of nitrogens with zero attached hydrogens (tertiary/aromatic N) is 2. The molecule has 4 rings (SSSR count). The predicted molar refractivity (Wildman–Crippen MR) is 114 cm³/mol. The van der Waals surface area contributed by atoms with Gasteiger partial charge in [0.25, 0.3) is 0 Å². The Bertz CT molecular complexity index is 862. The van der Waals surface area contributed by atoms with Crippen LogP contribution in [0.2, 0.25) is 0 Å². The Morgan fingerprint density at radius 2 is 1.76 bits per heavy atom. The first kappa shape index (κ1) is 19.4. The molecule has 154 valence electrons. The number of rotatable bonds is 3. The van der Waals surface area contributed by atoms with Crippen molar-refractivity contribution in [3.05, 3.63) is 53.6 Å². The Kier molecular flexibility index (Phi) is 5.79. The third-order valence-electron chi connectivity index (χ3n) is 5.55. The molecule has 2 aromatic rings. The second-order valence-corrected chi connectivity index (χ2v) is 7.74. The molecule has 0 saturated carbocycles. The minimum Gasteiger partial charge on any atom is -0.490 e. The highest BCUT2D eigenvalue weighted by molar-refractivity contribution is 5.75. The largest absolute Gasteiger partial charge is 0.490 e. The van der Waals surface area contributed by atoms with E-state index in [2.05, 4.69) is 41.4 Å². The summed E-state index contributed by atoms with van der Waals surface area (Å²) in [6.07, 6.45) is 0.880. The van der Waals surface area contributed by atoms with Gasteiger partial charge in [0.1, 0.15) is 0 Å². The summed E-state index contributed by atoms with van der Waals surface area (Å²) in [6, 6.07) is 14.3. The minimum absolute atomic E-state index is 0.0199. The van der Waals surface area contributed by atoms with Crippen molar-refractivity contribution in [1.29, 1.82) is 0 Å². The molecular weight excluding hydrogens is 366 g/mol. The molecule has 29 heavy (non-hydrogen) atoms. The average molecular weight is 396 g/mol. The fourth-order valence-electron chi connectivity index (χ4n) is 3.80. The quantitative estimate of drug-likeness (QED) is 0.860. The first-order chi connectivity index (χ1) is 14.1. The van der Waals surface area contributed by atoms with E-state index < -0.39 is 0 Å². The van der Waals surface area contributed by atoms with Crippen molar-refractivity contribution in [2.45, 2.75) is 26.3 Å². The van der Waals surface area contributed by atoms with Crippen molar-refractivity contribution in [3.8, 4) is 11.5 Å². The summed E-state index contributed by atoms with van der Waals surface area (Å²) in [5.41, 5.74) is 3.50. The number of benzene rings is 2. The van der Waals surface area contributed by atoms with Crippen LogP contribution in [0.4, 0.5) is 10.5 Å². The highest BCUT2D eigenvalue weighted by atomic mass is 16.5. The van der Waals surface area contributed by atoms with Crippen LogP contribution in [0.5, 0.6) is 11.5 Å². The number of aryl methyl sites for hydroxylation is 1. The average Bonchev–Trinajstić information content (AvgIpc) is 2.98. The molecule has 2 aliphatic heterocycles. The fraction of sp³-hybridized carbons (Fsp3) is 0.435. The maximum Gasteiger partial charge on any atom is 0.317 e. The van der Waals surface area contributed by atoms with Crippen LogP contribution in [0.3, 0.4) is 0 Å². The lowest BCUT2D eigenvalue weighted by Gasteiger charge is -2.36. The number of ether oxygens (including phenoxy) is 2. The summed E-state index contributed by atoms with van der Waals surface area (Å²) in [5, 5.41) is 3.12. The number of anilines is 1. The smallest absolute Gasteiger partial charge is 0.317 e. The van der Waals surface area contributed by atoms with Crippen LogP contribution < -0.4 is 19.7 Å². The Labute approximate surface area is 172 Å². The van der Waals surface area contributed by atoms with E-state index >= 15 is 0 Å². The highest BCUT2D eigenvalue weighted by Gasteiger charge is 2.23. The molecule has 1 unspecified atom stereocenters. The normalized spacial score (nSPS) is 17.4. The van der Waals surface area contributed by atoms with Crippen LogP contribution in [-0.2, 0) is 0 Å². The molecule has 6 heteroatoms. The SMILES string of the molecule is Cc1cccc(N2CCN(C(=O)NC(C)c3ccc4c(c3)OCCCO4)CC2)c1. The van der Waals surface area contributed by atoms with Gasteiger partial charge in [-0.1, -0.05) is 18.2 Å². The molecule has 2 aromatic carbocycles. The molecule has 0 aliphatic carbocycles. The zero-order valence-electron chi connectivity index (χ0n) is 17.2. The van der Waals surface area contributed by atoms with Gasteiger partial charge in [-0.05, 0) is 49.2 Å². The van der Waals surface area contributed by atoms with Crippen LogP contribution in [-0.4, -0.2) is 50.3 Å². The molecule has 1 fully saturated rings. The second kappa shape index (κ2) is 8.64. The number of hydrogen-bond acceptors (Lipinski definition) is 4. The van der Waals surface area contributed by atoms with Crippen LogP contribution in [0.25, 0.3) is 0 Å². The Morgan fingerprint density at radius 3 is 2.52 bits per heavy atom. The van der Waals surface area contributed by atoms with Gasteiger partial charge in [0.15, 0.2) is 11.5 Å². The molecule has 0 bridgehead atoms. The molecule has 2 amide bonds. The molecule has 1 N–H and O–H groups in total. The molecule has 2 heterocycles. The van der Waals surface area contributed by atoms with Crippen LogP contribution in [0.15, 0.2) is 42.5 Å². The Balaban J connectivity index is 1.33. The van der Waals surface area contributed by atoms with Crippen LogP contribution in [0.1, 0.15) is 30.5 Å². The van der Waals surface area contributed by atoms with E-state index in [0.29, 0.717) is 26.3 Å². The number of carbonyl (C=O) groups excluding carboxylic acids is 1. The summed E-state index contributed by atoms with van der Waals surface area (Å²) in [4.78, 5) is 17.0. The van der Waals surface area contributed by atoms with Gasteiger partial charge in [0.05, 0.1) is 19.3 Å². The molecule has 0 radical (unpaired) electrons. The second-order valence-electron chi connectivity index (χ2n) is 7.74. The lowest BCUT2D eigenvalue weighted by atomic mass is 10.1. The molecular formula is C23H29N3O3. The Morgan fingerprint density at radius 1 is 1.00 bits per heavy atom. The van der Waals surface area contributed by atoms with E-state index in [1.807, 2.05) is 30.0 Å². The van der Waals surface area contributed by atoms with Gasteiger partial charge in [-0.3, -0.25) is 0 Å². The van der Waals surface area contributed by atoms with Crippen molar-refractivity contribution >= 4 is 11.7 Å². The minimum atomic E-state index is -0.102. The molecule has 0 spiro atoms. The number of urea groups is 1. The number of carbonyl (C=O) groups is 1. The first-order valence-electron chi connectivity index (χ1n) is 10.4. The molecule has 1 atom stereocenters. The first-order valence-corrected chi connectivity index (χ1v) is 10.4. The maximum atomic E-state index is 12.8. The Hall–Kier alpha value is -2.89. The third kappa shape index (κ3) is 4.58. The lowest BCUT2D eigenvalue weighted by molar-refractivity contribution is 0.191. The van der Waals surface area contributed by atoms with Gasteiger partial charge in [-0.25, -0.2) is 4.79 Å². The van der Waals surface area contributed by atoms with E-state index in [9.17, 15) is 4.79 Å². The molecule has 1 saturated heterocycles. The monoisotopic (exact) mass is 395 g/mol. The highest BCUT2D eigenvalue weighted by Crippen LogP contribution is 2.32. The number of fused-ring (bicyclic) bond motifs is 1. The van der Waals surface area contributed by atoms with Gasteiger partial charge in [0.2, 0.25) is 0 Å². The third-order valence-corrected chi connectivity index (χ3v) is 5.55. The zero-order valence-corrected chi connectivity index (χ0v) is 17.2. The van der Waals surface area contributed by atoms with Gasteiger partial charge >= 0.3 is 6.03 Å². The van der Waals surface area contributed by atoms with E-state index in [1.165, 1.54) is 11.3 Å². The number of hydrogen-bond donors (Lipinski definition) is 1. The topological polar surface area (TPSA) is 54.0 Å². The summed E-state index contributed by atoms with van der Waals surface area (Å²) in [5.74, 6) is 1.53. The molecule has 0 aromatic heterocycles. The summed E-state index contributed by atoms with van der Waals surface area (Å²) < 4.78 is 11.5. The summed E-state index contributed by atoms with van der Waals surface area (Å²) >= 11 is 0. The molecule has 6 nitrogen and oxygen atoms in total. The van der Waals surface area contributed by atoms with Gasteiger partial charge in [0, 0.05) is 38.3 Å². The van der Waals surface area contributed by atoms with Crippen molar-refractivity contribution in [3.63, 3.8) is 0 Å². The number of amides is 2. The van der Waals surface area contributed by atoms with Crippen molar-refractivity contribution in [2.24, 2.45) is 0 Å². The van der Waals surface area contributed by atoms with E-state index in [0.717, 1.165) is 36.6 Å². The van der Waals surface area contributed by atoms with Crippen molar-refractivity contribution in [1.82, 2.24) is 10.2 Å². The van der Waals surface area contributed by atoms with Crippen molar-refractivity contribution < 1.29 is 14.3 Å². The standard InChI is InChI=1S/C23H29N3O3/c1-17-5-3-6-20(15-17)25-9-11-26(12-10-25)23(27)24-18(2)19-7-8-21-22(16-19)29-14-4-13-28-21/h3,5-8,15-16,18H,4,9-14H2,1-2H3,(H,24,27). The maximum absolute atomic E-state index is 12.8. The van der Waals surface area contributed by atoms with Crippen LogP contribution >= 0.6 is 0 Å². The number of nitrogens with one attached hydrogen (secondary N) is 1. The summed E-state index contributed by atoms with van der Waals surface area (Å²) in [6.45, 7) is 8.55. The van der Waals surface area contributed by atoms with Gasteiger partial charge in [-0.15, -0.1) is 0 Å². The predicted octanol–water partition coefficient (Wildman–Crippen LogP) is 3.75. The lowest BCUT2D eigenvalue weighted by Crippen LogP contribution is -2.52. The van der Waals surface area contributed by atoms with E-state index in [-0.39, 0.29) is 12.1 Å². The fourth-order valence-corrected chi connectivity index (χ4v) is 3.80. The van der Waals surface area contributed by atoms with E-state index in [4.69, 9.17) is 9.47 Å². The van der Waals surface area contributed by atoms with Crippen LogP contribution in [0, 0.1) is 6.92 Å². The molecule has 2 aliphatic rings. The van der Waals surface area contributed by atoms with Gasteiger partial charge in [-0.2, -0.15) is 0 Å². The van der Waals surface area contributed by atoms with Gasteiger partial charge < -0.3 is 24.6 Å². The number of piperazine rings is 1.